The van der Waals surface area contributed by atoms with E-state index >= 15 is 0 Å². The first kappa shape index (κ1) is 17.9. The smallest absolute Gasteiger partial charge is 0.225 e. The quantitative estimate of drug-likeness (QED) is 0.685. The van der Waals surface area contributed by atoms with E-state index in [1.54, 1.807) is 0 Å². The van der Waals surface area contributed by atoms with E-state index in [1.165, 1.54) is 12.8 Å². The maximum Gasteiger partial charge on any atom is 0.225 e. The van der Waals surface area contributed by atoms with E-state index in [4.69, 9.17) is 4.98 Å². The van der Waals surface area contributed by atoms with Crippen molar-refractivity contribution in [2.45, 2.75) is 79.7 Å². The van der Waals surface area contributed by atoms with Crippen LogP contribution in [0.25, 0.3) is 0 Å². The Morgan fingerprint density at radius 3 is 2.48 bits per heavy atom. The Morgan fingerprint density at radius 2 is 1.90 bits per heavy atom. The third-order valence-corrected chi connectivity index (χ3v) is 3.80. The van der Waals surface area contributed by atoms with Crippen molar-refractivity contribution in [2.75, 3.05) is 11.4 Å². The first-order chi connectivity index (χ1) is 9.87. The number of anilines is 1. The topological polar surface area (TPSA) is 29.0 Å². The van der Waals surface area contributed by atoms with Crippen LogP contribution in [-0.2, 0) is 6.42 Å². The second-order valence-corrected chi connectivity index (χ2v) is 7.24. The predicted molar refractivity (Wildman–Crippen MR) is 91.8 cm³/mol. The summed E-state index contributed by atoms with van der Waals surface area (Å²) in [5.41, 5.74) is 1.50. The molecule has 0 bridgehead atoms. The van der Waals surface area contributed by atoms with Gasteiger partial charge >= 0.3 is 0 Å². The van der Waals surface area contributed by atoms with Crippen molar-refractivity contribution in [1.82, 2.24) is 9.97 Å². The zero-order valence-corrected chi connectivity index (χ0v) is 14.8. The Hall–Kier alpha value is -1.12. The van der Waals surface area contributed by atoms with Crippen molar-refractivity contribution in [3.63, 3.8) is 0 Å². The van der Waals surface area contributed by atoms with Crippen LogP contribution in [0.3, 0.4) is 0 Å². The molecule has 3 nitrogen and oxygen atoms in total. The average molecular weight is 291 g/mol. The lowest BCUT2D eigenvalue weighted by atomic mass is 9.92. The van der Waals surface area contributed by atoms with Gasteiger partial charge in [0, 0.05) is 24.5 Å². The van der Waals surface area contributed by atoms with E-state index in [0.717, 1.165) is 37.4 Å². The van der Waals surface area contributed by atoms with Gasteiger partial charge in [-0.15, -0.1) is 0 Å². The molecule has 1 heterocycles. The standard InChI is InChI=1S/C18H33N3/c1-7-9-15(3)21(14-12-18(4,5)6)17-19-13-11-16(20-17)10-8-2/h11,13,15H,7-10,12,14H2,1-6H3. The van der Waals surface area contributed by atoms with Gasteiger partial charge in [-0.1, -0.05) is 47.5 Å². The second-order valence-electron chi connectivity index (χ2n) is 7.24. The number of aryl methyl sites for hydroxylation is 1. The molecule has 0 amide bonds. The van der Waals surface area contributed by atoms with Gasteiger partial charge in [0.2, 0.25) is 5.95 Å². The minimum Gasteiger partial charge on any atom is -0.338 e. The average Bonchev–Trinajstić information content (AvgIpc) is 2.39. The molecular weight excluding hydrogens is 258 g/mol. The maximum absolute atomic E-state index is 4.78. The van der Waals surface area contributed by atoms with E-state index in [0.29, 0.717) is 11.5 Å². The molecule has 0 radical (unpaired) electrons. The van der Waals surface area contributed by atoms with Crippen molar-refractivity contribution in [1.29, 1.82) is 0 Å². The number of nitrogens with zero attached hydrogens (tertiary/aromatic N) is 3. The maximum atomic E-state index is 4.78. The summed E-state index contributed by atoms with van der Waals surface area (Å²) in [6.07, 6.45) is 7.61. The summed E-state index contributed by atoms with van der Waals surface area (Å²) in [6.45, 7) is 14.6. The van der Waals surface area contributed by atoms with Crippen LogP contribution in [0.15, 0.2) is 12.3 Å². The van der Waals surface area contributed by atoms with Gasteiger partial charge in [-0.05, 0) is 37.7 Å². The number of rotatable bonds is 8. The van der Waals surface area contributed by atoms with Crippen LogP contribution in [0.4, 0.5) is 5.95 Å². The first-order valence-corrected chi connectivity index (χ1v) is 8.46. The molecule has 0 aliphatic rings. The van der Waals surface area contributed by atoms with E-state index in [1.807, 2.05) is 12.3 Å². The molecule has 120 valence electrons. The molecule has 0 aromatic carbocycles. The highest BCUT2D eigenvalue weighted by molar-refractivity contribution is 5.32. The Balaban J connectivity index is 2.91. The lowest BCUT2D eigenvalue weighted by Gasteiger charge is -2.32. The van der Waals surface area contributed by atoms with Gasteiger partial charge in [0.1, 0.15) is 0 Å². The fourth-order valence-electron chi connectivity index (χ4n) is 2.47. The summed E-state index contributed by atoms with van der Waals surface area (Å²) >= 11 is 0. The number of hydrogen-bond donors (Lipinski definition) is 0. The van der Waals surface area contributed by atoms with Crippen LogP contribution in [-0.4, -0.2) is 22.6 Å². The van der Waals surface area contributed by atoms with Gasteiger partial charge in [0.25, 0.3) is 0 Å². The highest BCUT2D eigenvalue weighted by Crippen LogP contribution is 2.23. The lowest BCUT2D eigenvalue weighted by Crippen LogP contribution is -2.37. The zero-order valence-electron chi connectivity index (χ0n) is 14.8. The van der Waals surface area contributed by atoms with E-state index in [9.17, 15) is 0 Å². The Kier molecular flexibility index (Phi) is 7.13. The summed E-state index contributed by atoms with van der Waals surface area (Å²) in [6, 6.07) is 2.54. The molecule has 1 atom stereocenters. The Morgan fingerprint density at radius 1 is 1.19 bits per heavy atom. The highest BCUT2D eigenvalue weighted by Gasteiger charge is 2.20. The van der Waals surface area contributed by atoms with Gasteiger partial charge < -0.3 is 4.90 Å². The SMILES string of the molecule is CCCc1ccnc(N(CCC(C)(C)C)C(C)CCC)n1. The Bertz CT molecular complexity index is 409. The molecule has 1 unspecified atom stereocenters. The van der Waals surface area contributed by atoms with Crippen LogP contribution in [0, 0.1) is 5.41 Å². The molecule has 0 saturated heterocycles. The largest absolute Gasteiger partial charge is 0.338 e. The van der Waals surface area contributed by atoms with Crippen LogP contribution < -0.4 is 4.90 Å². The molecule has 0 spiro atoms. The van der Waals surface area contributed by atoms with Crippen LogP contribution in [0.1, 0.15) is 72.9 Å². The fourth-order valence-corrected chi connectivity index (χ4v) is 2.47. The molecular formula is C18H33N3. The summed E-state index contributed by atoms with van der Waals surface area (Å²) in [4.78, 5) is 11.7. The van der Waals surface area contributed by atoms with Gasteiger partial charge in [0.05, 0.1) is 0 Å². The van der Waals surface area contributed by atoms with Gasteiger partial charge in [0.15, 0.2) is 0 Å². The minimum atomic E-state index is 0.339. The van der Waals surface area contributed by atoms with E-state index in [2.05, 4.69) is 51.4 Å². The van der Waals surface area contributed by atoms with Crippen molar-refractivity contribution >= 4 is 5.95 Å². The van der Waals surface area contributed by atoms with Crippen LogP contribution >= 0.6 is 0 Å². The predicted octanol–water partition coefficient (Wildman–Crippen LogP) is 4.86. The van der Waals surface area contributed by atoms with E-state index < -0.39 is 0 Å². The molecule has 0 fully saturated rings. The zero-order chi connectivity index (χ0) is 15.9. The fraction of sp³-hybridized carbons (Fsp3) is 0.778. The summed E-state index contributed by atoms with van der Waals surface area (Å²) in [5, 5.41) is 0. The molecule has 21 heavy (non-hydrogen) atoms. The number of aromatic nitrogens is 2. The van der Waals surface area contributed by atoms with Gasteiger partial charge in [-0.25, -0.2) is 9.97 Å². The molecule has 0 aliphatic heterocycles. The van der Waals surface area contributed by atoms with Crippen molar-refractivity contribution in [2.24, 2.45) is 5.41 Å². The number of hydrogen-bond acceptors (Lipinski definition) is 3. The molecule has 0 aliphatic carbocycles. The molecule has 0 saturated carbocycles. The van der Waals surface area contributed by atoms with Crippen molar-refractivity contribution in [3.8, 4) is 0 Å². The molecule has 0 N–H and O–H groups in total. The van der Waals surface area contributed by atoms with Crippen LogP contribution in [0.2, 0.25) is 0 Å². The van der Waals surface area contributed by atoms with Crippen molar-refractivity contribution < 1.29 is 0 Å². The third-order valence-electron chi connectivity index (χ3n) is 3.80. The Labute approximate surface area is 131 Å². The normalized spacial score (nSPS) is 13.2. The molecule has 1 aromatic rings. The van der Waals surface area contributed by atoms with Crippen LogP contribution in [0.5, 0.6) is 0 Å². The first-order valence-electron chi connectivity index (χ1n) is 8.46. The summed E-state index contributed by atoms with van der Waals surface area (Å²) in [5.74, 6) is 0.908. The molecule has 1 rings (SSSR count). The second kappa shape index (κ2) is 8.35. The third kappa shape index (κ3) is 6.45. The van der Waals surface area contributed by atoms with E-state index in [-0.39, 0.29) is 0 Å². The lowest BCUT2D eigenvalue weighted by molar-refractivity contribution is 0.369. The monoisotopic (exact) mass is 291 g/mol. The molecule has 1 aromatic heterocycles. The summed E-state index contributed by atoms with van der Waals surface area (Å²) < 4.78 is 0. The molecule has 3 heteroatoms. The van der Waals surface area contributed by atoms with Gasteiger partial charge in [-0.2, -0.15) is 0 Å². The highest BCUT2D eigenvalue weighted by atomic mass is 15.3. The summed E-state index contributed by atoms with van der Waals surface area (Å²) in [7, 11) is 0. The minimum absolute atomic E-state index is 0.339. The van der Waals surface area contributed by atoms with Crippen molar-refractivity contribution in [3.05, 3.63) is 18.0 Å². The van der Waals surface area contributed by atoms with Gasteiger partial charge in [-0.3, -0.25) is 0 Å².